The van der Waals surface area contributed by atoms with Gasteiger partial charge in [0.05, 0.1) is 18.8 Å². The van der Waals surface area contributed by atoms with Crippen LogP contribution in [0.2, 0.25) is 0 Å². The molecule has 4 rings (SSSR count). The van der Waals surface area contributed by atoms with Gasteiger partial charge in [-0.3, -0.25) is 4.90 Å². The molecular weight excluding hydrogens is 266 g/mol. The first kappa shape index (κ1) is 14.4. The zero-order chi connectivity index (χ0) is 14.7. The van der Waals surface area contributed by atoms with Crippen LogP contribution in [-0.4, -0.2) is 53.7 Å². The van der Waals surface area contributed by atoms with Crippen LogP contribution in [0.5, 0.6) is 0 Å². The van der Waals surface area contributed by atoms with Crippen molar-refractivity contribution in [1.29, 1.82) is 0 Å². The van der Waals surface area contributed by atoms with E-state index >= 15 is 0 Å². The maximum atomic E-state index is 11.5. The Morgan fingerprint density at radius 3 is 2.52 bits per heavy atom. The average molecular weight is 295 g/mol. The van der Waals surface area contributed by atoms with Crippen molar-refractivity contribution in [3.8, 4) is 0 Å². The molecule has 0 bridgehead atoms. The van der Waals surface area contributed by atoms with Crippen molar-refractivity contribution in [2.24, 2.45) is 11.3 Å². The predicted octanol–water partition coefficient (Wildman–Crippen LogP) is 2.16. The molecule has 2 aliphatic carbocycles. The van der Waals surface area contributed by atoms with Gasteiger partial charge in [-0.25, -0.2) is 0 Å². The number of nitrogens with zero attached hydrogens (tertiary/aromatic N) is 1. The summed E-state index contributed by atoms with van der Waals surface area (Å²) in [5.74, 6) is 0.483. The zero-order valence-electron chi connectivity index (χ0n) is 13.4. The second-order valence-electron chi connectivity index (χ2n) is 8.13. The van der Waals surface area contributed by atoms with Gasteiger partial charge in [0.1, 0.15) is 0 Å². The van der Waals surface area contributed by atoms with Crippen LogP contribution in [0.15, 0.2) is 0 Å². The van der Waals surface area contributed by atoms with Crippen LogP contribution in [0.3, 0.4) is 0 Å². The number of hydrogen-bond donors (Lipinski definition) is 1. The van der Waals surface area contributed by atoms with Gasteiger partial charge in [-0.2, -0.15) is 0 Å². The van der Waals surface area contributed by atoms with E-state index in [1.54, 1.807) is 0 Å². The van der Waals surface area contributed by atoms with Crippen LogP contribution >= 0.6 is 0 Å². The Hall–Kier alpha value is -0.160. The number of rotatable bonds is 2. The van der Waals surface area contributed by atoms with E-state index in [-0.39, 0.29) is 11.5 Å². The Kier molecular flexibility index (Phi) is 3.21. The molecule has 2 heterocycles. The lowest BCUT2D eigenvalue weighted by atomic mass is 9.56. The fraction of sp³-hybridized carbons (Fsp3) is 1.00. The quantitative estimate of drug-likeness (QED) is 0.847. The van der Waals surface area contributed by atoms with E-state index in [1.807, 2.05) is 0 Å². The smallest absolute Gasteiger partial charge is 0.169 e. The van der Waals surface area contributed by atoms with Crippen LogP contribution in [0.1, 0.15) is 52.4 Å². The highest BCUT2D eigenvalue weighted by atomic mass is 16.7. The monoisotopic (exact) mass is 295 g/mol. The fourth-order valence-electron chi connectivity index (χ4n) is 5.05. The molecule has 1 N–H and O–H groups in total. The van der Waals surface area contributed by atoms with Crippen molar-refractivity contribution in [2.45, 2.75) is 69.8 Å². The number of ether oxygens (including phenoxy) is 2. The Morgan fingerprint density at radius 1 is 1.14 bits per heavy atom. The van der Waals surface area contributed by atoms with Crippen molar-refractivity contribution in [3.63, 3.8) is 0 Å². The van der Waals surface area contributed by atoms with E-state index in [0.717, 1.165) is 38.1 Å². The summed E-state index contributed by atoms with van der Waals surface area (Å²) < 4.78 is 11.9. The average Bonchev–Trinajstić information content (AvgIpc) is 3.17. The minimum atomic E-state index is -0.597. The highest BCUT2D eigenvalue weighted by Gasteiger charge is 2.62. The summed E-state index contributed by atoms with van der Waals surface area (Å²) in [5, 5.41) is 11.5. The summed E-state index contributed by atoms with van der Waals surface area (Å²) in [6, 6.07) is 0.246. The molecule has 0 aromatic rings. The van der Waals surface area contributed by atoms with Crippen molar-refractivity contribution in [2.75, 3.05) is 26.3 Å². The zero-order valence-corrected chi connectivity index (χ0v) is 13.4. The summed E-state index contributed by atoms with van der Waals surface area (Å²) in [6.45, 7) is 8.18. The minimum absolute atomic E-state index is 0.0882. The lowest BCUT2D eigenvalue weighted by Gasteiger charge is -2.61. The second-order valence-corrected chi connectivity index (χ2v) is 8.13. The first-order chi connectivity index (χ1) is 9.97. The molecule has 0 amide bonds. The minimum Gasteiger partial charge on any atom is -0.388 e. The third-order valence-electron chi connectivity index (χ3n) is 6.78. The van der Waals surface area contributed by atoms with Gasteiger partial charge in [0, 0.05) is 30.8 Å². The number of fused-ring (bicyclic) bond motifs is 1. The highest BCUT2D eigenvalue weighted by molar-refractivity contribution is 5.12. The molecule has 0 aromatic heterocycles. The van der Waals surface area contributed by atoms with E-state index in [2.05, 4.69) is 18.7 Å². The van der Waals surface area contributed by atoms with Crippen LogP contribution in [-0.2, 0) is 9.47 Å². The molecular formula is C17H29NO3. The Labute approximate surface area is 127 Å². The van der Waals surface area contributed by atoms with E-state index < -0.39 is 11.4 Å². The number of aliphatic hydroxyl groups is 1. The van der Waals surface area contributed by atoms with Gasteiger partial charge in [-0.1, -0.05) is 6.92 Å². The molecule has 4 aliphatic rings. The molecule has 0 radical (unpaired) electrons. The summed E-state index contributed by atoms with van der Waals surface area (Å²) in [6.07, 6.45) is 6.28. The number of likely N-dealkylation sites (tertiary alicyclic amines) is 1. The number of piperidine rings is 1. The molecule has 2 unspecified atom stereocenters. The Balaban J connectivity index is 1.55. The lowest BCUT2D eigenvalue weighted by Crippen LogP contribution is -2.69. The topological polar surface area (TPSA) is 41.9 Å². The van der Waals surface area contributed by atoms with E-state index in [0.29, 0.717) is 13.2 Å². The van der Waals surface area contributed by atoms with E-state index in [1.165, 1.54) is 19.4 Å². The SMILES string of the molecule is CC1N(CC2CC2)CC[C@]2(C)CC3(CCC12O)OCCO3. The number of hydrogen-bond acceptors (Lipinski definition) is 4. The maximum Gasteiger partial charge on any atom is 0.169 e. The second kappa shape index (κ2) is 4.67. The summed E-state index contributed by atoms with van der Waals surface area (Å²) in [5.41, 5.74) is -0.685. The third-order valence-corrected chi connectivity index (χ3v) is 6.78. The normalized spacial score (nSPS) is 46.7. The first-order valence-corrected chi connectivity index (χ1v) is 8.71. The van der Waals surface area contributed by atoms with E-state index in [4.69, 9.17) is 9.47 Å². The summed E-state index contributed by atoms with van der Waals surface area (Å²) in [4.78, 5) is 2.54. The molecule has 2 saturated carbocycles. The van der Waals surface area contributed by atoms with Gasteiger partial charge in [-0.05, 0) is 45.1 Å². The fourth-order valence-corrected chi connectivity index (χ4v) is 5.05. The van der Waals surface area contributed by atoms with Crippen molar-refractivity contribution >= 4 is 0 Å². The standard InChI is InChI=1S/C17H29NO3/c1-13-17(19)6-5-16(20-9-10-21-16)12-15(17,2)7-8-18(13)11-14-3-4-14/h13-14,19H,3-12H2,1-2H3/t13?,15-,17?/m1/s1. The van der Waals surface area contributed by atoms with Gasteiger partial charge >= 0.3 is 0 Å². The molecule has 4 heteroatoms. The van der Waals surface area contributed by atoms with E-state index in [9.17, 15) is 5.11 Å². The van der Waals surface area contributed by atoms with Crippen molar-refractivity contribution < 1.29 is 14.6 Å². The van der Waals surface area contributed by atoms with Crippen LogP contribution in [0.4, 0.5) is 0 Å². The third kappa shape index (κ3) is 2.18. The highest BCUT2D eigenvalue weighted by Crippen LogP contribution is 2.57. The molecule has 0 aromatic carbocycles. The van der Waals surface area contributed by atoms with Gasteiger partial charge in [0.25, 0.3) is 0 Å². The lowest BCUT2D eigenvalue weighted by molar-refractivity contribution is -0.272. The summed E-state index contributed by atoms with van der Waals surface area (Å²) >= 11 is 0. The predicted molar refractivity (Wildman–Crippen MR) is 79.9 cm³/mol. The van der Waals surface area contributed by atoms with Gasteiger partial charge in [-0.15, -0.1) is 0 Å². The molecule has 4 fully saturated rings. The largest absolute Gasteiger partial charge is 0.388 e. The molecule has 1 spiro atoms. The van der Waals surface area contributed by atoms with Gasteiger partial charge < -0.3 is 14.6 Å². The maximum absolute atomic E-state index is 11.5. The van der Waals surface area contributed by atoms with Crippen LogP contribution in [0, 0.1) is 11.3 Å². The Morgan fingerprint density at radius 2 is 1.86 bits per heavy atom. The molecule has 3 atom stereocenters. The first-order valence-electron chi connectivity index (χ1n) is 8.71. The van der Waals surface area contributed by atoms with Gasteiger partial charge in [0.15, 0.2) is 5.79 Å². The molecule has 120 valence electrons. The molecule has 21 heavy (non-hydrogen) atoms. The Bertz CT molecular complexity index is 418. The van der Waals surface area contributed by atoms with Crippen LogP contribution in [0.25, 0.3) is 0 Å². The van der Waals surface area contributed by atoms with Crippen LogP contribution < -0.4 is 0 Å². The molecule has 4 nitrogen and oxygen atoms in total. The molecule has 2 aliphatic heterocycles. The van der Waals surface area contributed by atoms with Crippen molar-refractivity contribution in [3.05, 3.63) is 0 Å². The summed E-state index contributed by atoms with van der Waals surface area (Å²) in [7, 11) is 0. The molecule has 2 saturated heterocycles. The van der Waals surface area contributed by atoms with Crippen molar-refractivity contribution in [1.82, 2.24) is 4.90 Å². The van der Waals surface area contributed by atoms with Gasteiger partial charge in [0.2, 0.25) is 0 Å².